The van der Waals surface area contributed by atoms with Crippen molar-refractivity contribution in [3.8, 4) is 0 Å². The fourth-order valence-electron chi connectivity index (χ4n) is 4.12. The quantitative estimate of drug-likeness (QED) is 0.0840. The molecule has 8 nitrogen and oxygen atoms in total. The van der Waals surface area contributed by atoms with Gasteiger partial charge < -0.3 is 21.1 Å². The Bertz CT molecular complexity index is 1620. The van der Waals surface area contributed by atoms with Gasteiger partial charge in [-0.2, -0.15) is 0 Å². The third-order valence-corrected chi connectivity index (χ3v) is 8.80. The standard InChI is InChI=1S/2C16H13N3OS2.Ni/c2*20-15-14(12-8-4-5-9-13(12)17-15)18-19-16(21)22-10-11-6-2-1-3-7-11;/h2*1-9H,10H2,(H2,17,18,19,20,21);/p+2. The summed E-state index contributed by atoms with van der Waals surface area (Å²) in [6, 6.07) is 35.3. The van der Waals surface area contributed by atoms with Gasteiger partial charge in [-0.25, -0.2) is 0 Å². The molecule has 0 unspecified atom stereocenters. The van der Waals surface area contributed by atoms with E-state index >= 15 is 0 Å². The molecule has 6 rings (SSSR count). The van der Waals surface area contributed by atoms with Crippen molar-refractivity contribution in [1.82, 2.24) is 0 Å². The van der Waals surface area contributed by atoms with Crippen LogP contribution in [-0.2, 0) is 52.4 Å². The SMILES string of the molecule is [Ni].[OH+]=C1Nc2ccccc2C1=N[N-]C(=[SH+])SCc1ccccc1.[OH+]=C1Nc2ccccc2C1=N[N-]C(=[SH+])SCc1ccccc1. The van der Waals surface area contributed by atoms with Crippen LogP contribution in [0, 0.1) is 0 Å². The van der Waals surface area contributed by atoms with Crippen LogP contribution in [0.25, 0.3) is 10.9 Å². The molecule has 0 saturated heterocycles. The number of amides is 2. The Morgan fingerprint density at radius 1 is 0.578 bits per heavy atom. The average molecular weight is 716 g/mol. The first-order valence-corrected chi connectivity index (χ1v) is 16.2. The Morgan fingerprint density at radius 2 is 0.933 bits per heavy atom. The van der Waals surface area contributed by atoms with E-state index in [1.54, 1.807) is 0 Å². The molecule has 0 spiro atoms. The third-order valence-electron chi connectivity index (χ3n) is 6.21. The van der Waals surface area contributed by atoms with E-state index in [0.717, 1.165) is 34.0 Å². The average Bonchev–Trinajstić information content (AvgIpc) is 3.56. The molecule has 230 valence electrons. The number of nitrogens with zero attached hydrogens (tertiary/aromatic N) is 4. The monoisotopic (exact) mass is 714 g/mol. The number of nitrogens with one attached hydrogen (secondary N) is 2. The van der Waals surface area contributed by atoms with Gasteiger partial charge in [-0.15, -0.1) is 0 Å². The Hall–Kier alpha value is -3.87. The van der Waals surface area contributed by atoms with Crippen molar-refractivity contribution in [3.05, 3.63) is 142 Å². The number of hydrogen-bond donors (Lipinski definition) is 2. The minimum Gasteiger partial charge on any atom is -0.519 e. The van der Waals surface area contributed by atoms with Gasteiger partial charge in [0, 0.05) is 39.1 Å². The third kappa shape index (κ3) is 9.56. The van der Waals surface area contributed by atoms with Gasteiger partial charge in [0.1, 0.15) is 0 Å². The summed E-state index contributed by atoms with van der Waals surface area (Å²) in [5.41, 5.74) is 14.7. The second-order valence-electron chi connectivity index (χ2n) is 9.25. The van der Waals surface area contributed by atoms with Crippen LogP contribution >= 0.6 is 23.5 Å². The number of hydrogen-bond acceptors (Lipinski definition) is 4. The van der Waals surface area contributed by atoms with Crippen molar-refractivity contribution in [2.24, 2.45) is 10.2 Å². The number of carbonyl (C=O) groups excluding carboxylic acids is 2. The van der Waals surface area contributed by atoms with Gasteiger partial charge in [-0.3, -0.25) is 20.2 Å². The van der Waals surface area contributed by atoms with Crippen LogP contribution in [0.5, 0.6) is 0 Å². The predicted octanol–water partition coefficient (Wildman–Crippen LogP) is 5.98. The molecule has 0 aliphatic carbocycles. The fraction of sp³-hybridized carbons (Fsp3) is 0.0625. The molecule has 0 saturated carbocycles. The summed E-state index contributed by atoms with van der Waals surface area (Å²) in [7, 11) is 0. The minimum atomic E-state index is 0. The zero-order valence-corrected chi connectivity index (χ0v) is 27.9. The molecule has 0 atom stereocenters. The molecule has 2 heterocycles. The first kappa shape index (κ1) is 34.0. The molecule has 4 aromatic rings. The van der Waals surface area contributed by atoms with Crippen LogP contribution in [0.3, 0.4) is 0 Å². The molecule has 45 heavy (non-hydrogen) atoms. The molecule has 13 heteroatoms. The minimum absolute atomic E-state index is 0. The van der Waals surface area contributed by atoms with Crippen LogP contribution in [0.15, 0.2) is 119 Å². The molecule has 2 aliphatic heterocycles. The number of thioether (sulfide) groups is 2. The maximum absolute atomic E-state index is 9.90. The summed E-state index contributed by atoms with van der Waals surface area (Å²) >= 11 is 11.6. The van der Waals surface area contributed by atoms with Crippen molar-refractivity contribution >= 4 is 91.2 Å². The van der Waals surface area contributed by atoms with Gasteiger partial charge in [0.05, 0.1) is 11.4 Å². The van der Waals surface area contributed by atoms with Crippen molar-refractivity contribution < 1.29 is 26.1 Å². The maximum Gasteiger partial charge on any atom is 0.443 e. The number of benzene rings is 4. The van der Waals surface area contributed by atoms with Gasteiger partial charge in [-0.1, -0.05) is 121 Å². The summed E-state index contributed by atoms with van der Waals surface area (Å²) < 4.78 is 1.10. The van der Waals surface area contributed by atoms with E-state index in [-0.39, 0.29) is 28.3 Å². The number of rotatable bonds is 6. The molecule has 0 radical (unpaired) electrons. The summed E-state index contributed by atoms with van der Waals surface area (Å²) in [5, 5.41) is 14.0. The van der Waals surface area contributed by atoms with Crippen LogP contribution in [-0.4, -0.2) is 41.5 Å². The zero-order chi connectivity index (χ0) is 30.7. The van der Waals surface area contributed by atoms with Crippen LogP contribution in [0.1, 0.15) is 22.3 Å². The first-order valence-electron chi connectivity index (χ1n) is 13.4. The van der Waals surface area contributed by atoms with Crippen LogP contribution < -0.4 is 10.6 Å². The smallest absolute Gasteiger partial charge is 0.443 e. The van der Waals surface area contributed by atoms with E-state index < -0.39 is 0 Å². The Labute approximate surface area is 290 Å². The molecular formula is C32H28N6NiO2S4+2. The second-order valence-corrected chi connectivity index (χ2v) is 12.6. The van der Waals surface area contributed by atoms with Gasteiger partial charge in [0.15, 0.2) is 44.5 Å². The molecule has 2 amide bonds. The number of para-hydroxylation sites is 2. The van der Waals surface area contributed by atoms with Crippen molar-refractivity contribution in [2.75, 3.05) is 10.6 Å². The molecule has 0 bridgehead atoms. The van der Waals surface area contributed by atoms with Crippen LogP contribution in [0.2, 0.25) is 0 Å². The normalized spacial score (nSPS) is 14.2. The van der Waals surface area contributed by atoms with E-state index in [0.29, 0.717) is 20.1 Å². The van der Waals surface area contributed by atoms with Gasteiger partial charge in [0.25, 0.3) is 0 Å². The summed E-state index contributed by atoms with van der Waals surface area (Å²) in [6.07, 6.45) is 0. The molecule has 0 fully saturated rings. The molecule has 0 aromatic heterocycles. The van der Waals surface area contributed by atoms with Crippen LogP contribution in [0.4, 0.5) is 11.4 Å². The van der Waals surface area contributed by atoms with E-state index in [4.69, 9.17) is 0 Å². The Kier molecular flexibility index (Phi) is 12.8. The number of anilines is 2. The molecule has 4 N–H and O–H groups in total. The predicted molar refractivity (Wildman–Crippen MR) is 197 cm³/mol. The van der Waals surface area contributed by atoms with E-state index in [2.05, 4.69) is 80.4 Å². The van der Waals surface area contributed by atoms with Crippen molar-refractivity contribution in [3.63, 3.8) is 0 Å². The summed E-state index contributed by atoms with van der Waals surface area (Å²) in [5.74, 6) is 1.58. The topological polar surface area (TPSA) is 120 Å². The zero-order valence-electron chi connectivity index (χ0n) is 23.5. The number of fused-ring (bicyclic) bond motifs is 2. The largest absolute Gasteiger partial charge is 0.519 e. The van der Waals surface area contributed by atoms with Crippen molar-refractivity contribution in [1.29, 1.82) is 0 Å². The molecular weight excluding hydrogens is 687 g/mol. The fourth-order valence-corrected chi connectivity index (χ4v) is 5.77. The Balaban J connectivity index is 0.000000200. The maximum atomic E-state index is 9.90. The van der Waals surface area contributed by atoms with E-state index in [9.17, 15) is 9.59 Å². The molecule has 2 aliphatic rings. The Morgan fingerprint density at radius 3 is 1.33 bits per heavy atom. The first-order chi connectivity index (χ1) is 21.5. The number of thiol groups is 2. The van der Waals surface area contributed by atoms with Gasteiger partial charge >= 0.3 is 11.8 Å². The van der Waals surface area contributed by atoms with E-state index in [1.807, 2.05) is 84.9 Å². The molecule has 4 aromatic carbocycles. The summed E-state index contributed by atoms with van der Waals surface area (Å²) in [4.78, 5) is 19.8. The van der Waals surface area contributed by atoms with E-state index in [1.165, 1.54) is 34.7 Å². The second kappa shape index (κ2) is 17.0. The summed E-state index contributed by atoms with van der Waals surface area (Å²) in [6.45, 7) is 0. The van der Waals surface area contributed by atoms with Crippen molar-refractivity contribution in [2.45, 2.75) is 11.5 Å². The van der Waals surface area contributed by atoms with Gasteiger partial charge in [0.2, 0.25) is 0 Å². The van der Waals surface area contributed by atoms with Gasteiger partial charge in [-0.05, 0) is 23.3 Å².